The van der Waals surface area contributed by atoms with Crippen molar-refractivity contribution in [2.24, 2.45) is 0 Å². The first-order chi connectivity index (χ1) is 13.1. The van der Waals surface area contributed by atoms with Gasteiger partial charge in [0.2, 0.25) is 0 Å². The maximum atomic E-state index is 12.6. The van der Waals surface area contributed by atoms with Gasteiger partial charge in [0.05, 0.1) is 22.8 Å². The fourth-order valence-electron chi connectivity index (χ4n) is 3.32. The molecule has 152 valence electrons. The zero-order valence-electron chi connectivity index (χ0n) is 16.5. The number of aliphatic hydroxyl groups is 1. The van der Waals surface area contributed by atoms with Crippen LogP contribution in [0.15, 0.2) is 29.3 Å². The Hall–Kier alpha value is -2.61. The number of benzene rings is 1. The molecule has 1 saturated heterocycles. The van der Waals surface area contributed by atoms with Crippen LogP contribution in [0, 0.1) is 0 Å². The highest BCUT2D eigenvalue weighted by atomic mass is 16.6. The molecule has 0 saturated carbocycles. The summed E-state index contributed by atoms with van der Waals surface area (Å²) < 4.78 is 6.82. The van der Waals surface area contributed by atoms with E-state index in [4.69, 9.17) is 4.74 Å². The fourth-order valence-corrected chi connectivity index (χ4v) is 3.32. The number of likely N-dealkylation sites (tertiary alicyclic amines) is 1. The number of phenolic OH excluding ortho intramolecular Hbond substituents is 1. The van der Waals surface area contributed by atoms with E-state index in [1.54, 1.807) is 11.0 Å². The third kappa shape index (κ3) is 4.62. The molecule has 28 heavy (non-hydrogen) atoms. The van der Waals surface area contributed by atoms with E-state index in [9.17, 15) is 19.8 Å². The Morgan fingerprint density at radius 3 is 2.61 bits per heavy atom. The van der Waals surface area contributed by atoms with Crippen LogP contribution in [0.3, 0.4) is 0 Å². The first-order valence-electron chi connectivity index (χ1n) is 9.45. The molecule has 0 atom stereocenters. The van der Waals surface area contributed by atoms with Gasteiger partial charge in [-0.05, 0) is 58.2 Å². The molecule has 8 heteroatoms. The lowest BCUT2D eigenvalue weighted by Gasteiger charge is -2.38. The molecule has 1 amide bonds. The standard InChI is InChI=1S/C20H27N3O5/c1-19(2,3)28-18(26)22-9-6-20(27,7-10-22)8-11-23-13-21-16-5-4-14(24)12-15(16)17(23)25/h4-5,12-13,24,27H,6-11H2,1-3H3. The van der Waals surface area contributed by atoms with E-state index < -0.39 is 11.2 Å². The Bertz CT molecular complexity index is 924. The summed E-state index contributed by atoms with van der Waals surface area (Å²) in [4.78, 5) is 30.6. The lowest BCUT2D eigenvalue weighted by Crippen LogP contribution is -2.48. The number of aryl methyl sites for hydroxylation is 1. The lowest BCUT2D eigenvalue weighted by atomic mass is 9.88. The van der Waals surface area contributed by atoms with Crippen LogP contribution in [0.2, 0.25) is 0 Å². The van der Waals surface area contributed by atoms with E-state index in [0.29, 0.717) is 49.8 Å². The van der Waals surface area contributed by atoms with Crippen LogP contribution in [-0.4, -0.2) is 55.0 Å². The largest absolute Gasteiger partial charge is 0.508 e. The van der Waals surface area contributed by atoms with Gasteiger partial charge in [-0.3, -0.25) is 9.36 Å². The number of hydrogen-bond donors (Lipinski definition) is 2. The summed E-state index contributed by atoms with van der Waals surface area (Å²) in [5.41, 5.74) is -1.24. The van der Waals surface area contributed by atoms with Crippen molar-refractivity contribution in [3.63, 3.8) is 0 Å². The fraction of sp³-hybridized carbons (Fsp3) is 0.550. The molecular formula is C20H27N3O5. The molecule has 1 aromatic heterocycles. The number of carbonyl (C=O) groups excluding carboxylic acids is 1. The number of fused-ring (bicyclic) bond motifs is 1. The highest BCUT2D eigenvalue weighted by Gasteiger charge is 2.35. The Balaban J connectivity index is 1.62. The molecule has 2 aromatic rings. The van der Waals surface area contributed by atoms with Crippen molar-refractivity contribution in [2.75, 3.05) is 13.1 Å². The summed E-state index contributed by atoms with van der Waals surface area (Å²) in [7, 11) is 0. The molecule has 1 aromatic carbocycles. The molecule has 1 aliphatic heterocycles. The average molecular weight is 389 g/mol. The second-order valence-electron chi connectivity index (χ2n) is 8.39. The molecule has 1 fully saturated rings. The van der Waals surface area contributed by atoms with Gasteiger partial charge in [-0.1, -0.05) is 0 Å². The van der Waals surface area contributed by atoms with E-state index in [2.05, 4.69) is 4.98 Å². The minimum atomic E-state index is -0.953. The first kappa shape index (κ1) is 20.1. The van der Waals surface area contributed by atoms with Crippen LogP contribution in [0.1, 0.15) is 40.0 Å². The van der Waals surface area contributed by atoms with Gasteiger partial charge in [0.15, 0.2) is 0 Å². The van der Waals surface area contributed by atoms with Gasteiger partial charge < -0.3 is 19.8 Å². The Morgan fingerprint density at radius 2 is 1.96 bits per heavy atom. The quantitative estimate of drug-likeness (QED) is 0.834. The molecule has 2 heterocycles. The van der Waals surface area contributed by atoms with E-state index in [-0.39, 0.29) is 17.4 Å². The van der Waals surface area contributed by atoms with Crippen molar-refractivity contribution in [1.29, 1.82) is 0 Å². The molecule has 0 unspecified atom stereocenters. The molecule has 8 nitrogen and oxygen atoms in total. The van der Waals surface area contributed by atoms with Gasteiger partial charge in [-0.25, -0.2) is 9.78 Å². The van der Waals surface area contributed by atoms with Crippen LogP contribution in [0.25, 0.3) is 10.9 Å². The van der Waals surface area contributed by atoms with Gasteiger partial charge in [-0.2, -0.15) is 0 Å². The minimum Gasteiger partial charge on any atom is -0.508 e. The maximum Gasteiger partial charge on any atom is 0.410 e. The van der Waals surface area contributed by atoms with Crippen molar-refractivity contribution in [3.05, 3.63) is 34.9 Å². The number of piperidine rings is 1. The van der Waals surface area contributed by atoms with E-state index in [1.807, 2.05) is 20.8 Å². The number of ether oxygens (including phenoxy) is 1. The number of amides is 1. The number of carbonyl (C=O) groups is 1. The van der Waals surface area contributed by atoms with Crippen molar-refractivity contribution in [2.45, 2.75) is 57.8 Å². The number of hydrogen-bond acceptors (Lipinski definition) is 6. The third-order valence-corrected chi connectivity index (χ3v) is 4.97. The van der Waals surface area contributed by atoms with Gasteiger partial charge in [0.1, 0.15) is 11.4 Å². The molecule has 0 aliphatic carbocycles. The van der Waals surface area contributed by atoms with Gasteiger partial charge in [0, 0.05) is 19.6 Å². The highest BCUT2D eigenvalue weighted by molar-refractivity contribution is 5.78. The third-order valence-electron chi connectivity index (χ3n) is 4.97. The predicted molar refractivity (Wildman–Crippen MR) is 104 cm³/mol. The molecule has 0 bridgehead atoms. The van der Waals surface area contributed by atoms with Crippen molar-refractivity contribution in [1.82, 2.24) is 14.5 Å². The minimum absolute atomic E-state index is 0.0114. The zero-order chi connectivity index (χ0) is 20.5. The SMILES string of the molecule is CC(C)(C)OC(=O)N1CCC(O)(CCn2cnc3ccc(O)cc3c2=O)CC1. The number of aromatic nitrogens is 2. The Morgan fingerprint density at radius 1 is 1.29 bits per heavy atom. The molecule has 0 spiro atoms. The normalized spacial score (nSPS) is 16.9. The maximum absolute atomic E-state index is 12.6. The van der Waals surface area contributed by atoms with Gasteiger partial charge in [0.25, 0.3) is 5.56 Å². The average Bonchev–Trinajstić information content (AvgIpc) is 2.61. The van der Waals surface area contributed by atoms with E-state index in [0.717, 1.165) is 0 Å². The molecular weight excluding hydrogens is 362 g/mol. The number of aromatic hydroxyl groups is 1. The topological polar surface area (TPSA) is 105 Å². The first-order valence-corrected chi connectivity index (χ1v) is 9.45. The number of nitrogens with zero attached hydrogens (tertiary/aromatic N) is 3. The summed E-state index contributed by atoms with van der Waals surface area (Å²) in [6, 6.07) is 4.48. The van der Waals surface area contributed by atoms with Crippen LogP contribution in [-0.2, 0) is 11.3 Å². The van der Waals surface area contributed by atoms with Crippen LogP contribution in [0.4, 0.5) is 4.79 Å². The molecule has 1 aliphatic rings. The molecule has 0 radical (unpaired) electrons. The lowest BCUT2D eigenvalue weighted by molar-refractivity contribution is -0.0387. The highest BCUT2D eigenvalue weighted by Crippen LogP contribution is 2.27. The van der Waals surface area contributed by atoms with E-state index in [1.165, 1.54) is 23.0 Å². The summed E-state index contributed by atoms with van der Waals surface area (Å²) in [5.74, 6) is 0.0114. The van der Waals surface area contributed by atoms with Crippen LogP contribution >= 0.6 is 0 Å². The number of rotatable bonds is 3. The van der Waals surface area contributed by atoms with Crippen LogP contribution < -0.4 is 5.56 Å². The number of phenols is 1. The second-order valence-corrected chi connectivity index (χ2v) is 8.39. The van der Waals surface area contributed by atoms with Crippen molar-refractivity contribution >= 4 is 17.0 Å². The summed E-state index contributed by atoms with van der Waals surface area (Å²) in [6.07, 6.45) is 2.30. The summed E-state index contributed by atoms with van der Waals surface area (Å²) >= 11 is 0. The second kappa shape index (κ2) is 7.43. The Kier molecular flexibility index (Phi) is 5.34. The van der Waals surface area contributed by atoms with E-state index >= 15 is 0 Å². The van der Waals surface area contributed by atoms with Gasteiger partial charge in [-0.15, -0.1) is 0 Å². The monoisotopic (exact) mass is 389 g/mol. The van der Waals surface area contributed by atoms with Gasteiger partial charge >= 0.3 is 6.09 Å². The Labute approximate surface area is 163 Å². The summed E-state index contributed by atoms with van der Waals surface area (Å²) in [5, 5.41) is 20.8. The zero-order valence-corrected chi connectivity index (χ0v) is 16.5. The van der Waals surface area contributed by atoms with Crippen LogP contribution in [0.5, 0.6) is 5.75 Å². The molecule has 3 rings (SSSR count). The smallest absolute Gasteiger partial charge is 0.410 e. The molecule has 2 N–H and O–H groups in total. The van der Waals surface area contributed by atoms with Crippen molar-refractivity contribution in [3.8, 4) is 5.75 Å². The summed E-state index contributed by atoms with van der Waals surface area (Å²) in [6.45, 7) is 6.58. The predicted octanol–water partition coefficient (Wildman–Crippen LogP) is 2.25. The van der Waals surface area contributed by atoms with Crippen molar-refractivity contribution < 1.29 is 19.7 Å².